The molecular formula is C30H34BrN7O2. The molecule has 0 saturated carbocycles. The molecule has 4 aromatic rings. The predicted octanol–water partition coefficient (Wildman–Crippen LogP) is 4.33. The first-order chi connectivity index (χ1) is 19.5. The van der Waals surface area contributed by atoms with Crippen molar-refractivity contribution in [2.24, 2.45) is 0 Å². The summed E-state index contributed by atoms with van der Waals surface area (Å²) in [5.41, 5.74) is 3.33. The van der Waals surface area contributed by atoms with Gasteiger partial charge in [0.1, 0.15) is 17.2 Å². The van der Waals surface area contributed by atoms with Gasteiger partial charge >= 0.3 is 0 Å². The normalized spacial score (nSPS) is 13.9. The van der Waals surface area contributed by atoms with Gasteiger partial charge in [0.15, 0.2) is 5.82 Å². The molecular weight excluding hydrogens is 570 g/mol. The minimum atomic E-state index is -0.0844. The number of nitrogens with zero attached hydrogens (tertiary/aromatic N) is 4. The third kappa shape index (κ3) is 7.05. The average Bonchev–Trinajstić information content (AvgIpc) is 3.41. The summed E-state index contributed by atoms with van der Waals surface area (Å²) in [7, 11) is 0. The predicted molar refractivity (Wildman–Crippen MR) is 161 cm³/mol. The molecule has 0 bridgehead atoms. The number of piperazine rings is 1. The molecule has 0 radical (unpaired) electrons. The van der Waals surface area contributed by atoms with E-state index in [-0.39, 0.29) is 11.8 Å². The zero-order valence-corrected chi connectivity index (χ0v) is 24.2. The molecule has 5 rings (SSSR count). The number of carbonyl (C=O) groups is 2. The summed E-state index contributed by atoms with van der Waals surface area (Å²) in [5.74, 6) is 1.07. The Morgan fingerprint density at radius 3 is 2.45 bits per heavy atom. The van der Waals surface area contributed by atoms with Gasteiger partial charge < -0.3 is 20.5 Å². The van der Waals surface area contributed by atoms with Crippen molar-refractivity contribution in [3.8, 4) is 11.4 Å². The summed E-state index contributed by atoms with van der Waals surface area (Å²) in [6.45, 7) is 6.58. The van der Waals surface area contributed by atoms with Gasteiger partial charge in [0.25, 0.3) is 5.91 Å². The molecule has 2 amide bonds. The van der Waals surface area contributed by atoms with E-state index in [4.69, 9.17) is 9.97 Å². The molecule has 0 spiro atoms. The number of H-pyrrole nitrogens is 1. The van der Waals surface area contributed by atoms with Crippen molar-refractivity contribution >= 4 is 44.6 Å². The number of aromatic nitrogens is 3. The van der Waals surface area contributed by atoms with Gasteiger partial charge in [-0.3, -0.25) is 14.5 Å². The van der Waals surface area contributed by atoms with Gasteiger partial charge in [0.05, 0.1) is 5.39 Å². The van der Waals surface area contributed by atoms with E-state index in [2.05, 4.69) is 60.7 Å². The number of aryl methyl sites for hydroxylation is 1. The number of benzene rings is 2. The molecule has 2 aromatic heterocycles. The van der Waals surface area contributed by atoms with Gasteiger partial charge in [-0.15, -0.1) is 0 Å². The van der Waals surface area contributed by atoms with Crippen molar-refractivity contribution in [3.63, 3.8) is 0 Å². The molecule has 3 N–H and O–H groups in total. The maximum atomic E-state index is 13.5. The van der Waals surface area contributed by atoms with E-state index in [1.807, 2.05) is 41.3 Å². The van der Waals surface area contributed by atoms with Gasteiger partial charge in [-0.05, 0) is 43.1 Å². The molecule has 2 aromatic carbocycles. The lowest BCUT2D eigenvalue weighted by Crippen LogP contribution is -2.49. The van der Waals surface area contributed by atoms with E-state index >= 15 is 0 Å². The van der Waals surface area contributed by atoms with Crippen molar-refractivity contribution in [2.45, 2.75) is 19.8 Å². The van der Waals surface area contributed by atoms with Crippen molar-refractivity contribution in [2.75, 3.05) is 51.1 Å². The second-order valence-electron chi connectivity index (χ2n) is 9.98. The summed E-state index contributed by atoms with van der Waals surface area (Å²) in [4.78, 5) is 41.8. The molecule has 10 heteroatoms. The molecule has 1 fully saturated rings. The van der Waals surface area contributed by atoms with Crippen molar-refractivity contribution in [1.29, 1.82) is 0 Å². The Morgan fingerprint density at radius 1 is 0.975 bits per heavy atom. The van der Waals surface area contributed by atoms with Crippen LogP contribution in [0.3, 0.4) is 0 Å². The Bertz CT molecular complexity index is 1450. The summed E-state index contributed by atoms with van der Waals surface area (Å²) >= 11 is 3.49. The van der Waals surface area contributed by atoms with Crippen LogP contribution in [0, 0.1) is 0 Å². The molecule has 208 valence electrons. The van der Waals surface area contributed by atoms with Crippen LogP contribution in [0.4, 0.5) is 5.82 Å². The zero-order chi connectivity index (χ0) is 27.9. The number of anilines is 1. The van der Waals surface area contributed by atoms with Crippen LogP contribution < -0.4 is 10.6 Å². The first-order valence-corrected chi connectivity index (χ1v) is 14.5. The smallest absolute Gasteiger partial charge is 0.270 e. The number of fused-ring (bicyclic) bond motifs is 1. The van der Waals surface area contributed by atoms with E-state index in [0.717, 1.165) is 47.9 Å². The van der Waals surface area contributed by atoms with Crippen LogP contribution in [-0.2, 0) is 11.2 Å². The molecule has 0 aliphatic carbocycles. The number of rotatable bonds is 10. The standard InChI is InChI=1S/C30H34BrN7O2/c1-21(39)32-13-14-33-28-25-20-26(34-29(25)36-27(35-28)23-7-3-2-4-8-23)30(40)38-18-16-37(17-19-38)15-5-6-22-9-11-24(31)12-10-22/h2-4,7-12,20H,5-6,13-19H2,1H3,(H,32,39)(H2,33,34,35,36). The van der Waals surface area contributed by atoms with Gasteiger partial charge in [0, 0.05) is 56.2 Å². The molecule has 1 aliphatic rings. The lowest BCUT2D eigenvalue weighted by Gasteiger charge is -2.34. The fourth-order valence-corrected chi connectivity index (χ4v) is 5.16. The molecule has 1 saturated heterocycles. The van der Waals surface area contributed by atoms with Crippen LogP contribution in [0.1, 0.15) is 29.4 Å². The average molecular weight is 605 g/mol. The Hall–Kier alpha value is -3.76. The van der Waals surface area contributed by atoms with E-state index in [0.29, 0.717) is 49.2 Å². The Kier molecular flexibility index (Phi) is 9.08. The van der Waals surface area contributed by atoms with E-state index in [1.54, 1.807) is 0 Å². The minimum Gasteiger partial charge on any atom is -0.368 e. The van der Waals surface area contributed by atoms with Crippen LogP contribution in [0.15, 0.2) is 65.1 Å². The molecule has 40 heavy (non-hydrogen) atoms. The summed E-state index contributed by atoms with van der Waals surface area (Å²) in [6.07, 6.45) is 2.15. The Balaban J connectivity index is 1.24. The SMILES string of the molecule is CC(=O)NCCNc1nc(-c2ccccc2)nc2[nH]c(C(=O)N3CCN(CCCc4ccc(Br)cc4)CC3)cc12. The highest BCUT2D eigenvalue weighted by Gasteiger charge is 2.24. The highest BCUT2D eigenvalue weighted by molar-refractivity contribution is 9.10. The second-order valence-corrected chi connectivity index (χ2v) is 10.9. The Morgan fingerprint density at radius 2 is 1.73 bits per heavy atom. The maximum absolute atomic E-state index is 13.5. The molecule has 9 nitrogen and oxygen atoms in total. The largest absolute Gasteiger partial charge is 0.368 e. The number of aromatic amines is 1. The number of nitrogens with one attached hydrogen (secondary N) is 3. The topological polar surface area (TPSA) is 106 Å². The number of halogens is 1. The summed E-state index contributed by atoms with van der Waals surface area (Å²) in [6, 6.07) is 20.1. The highest BCUT2D eigenvalue weighted by atomic mass is 79.9. The van der Waals surface area contributed by atoms with Crippen LogP contribution >= 0.6 is 15.9 Å². The molecule has 3 heterocycles. The second kappa shape index (κ2) is 13.1. The monoisotopic (exact) mass is 603 g/mol. The van der Waals surface area contributed by atoms with Gasteiger partial charge in [-0.25, -0.2) is 9.97 Å². The van der Waals surface area contributed by atoms with Gasteiger partial charge in [0.2, 0.25) is 5.91 Å². The van der Waals surface area contributed by atoms with Crippen molar-refractivity contribution in [3.05, 3.63) is 76.4 Å². The lowest BCUT2D eigenvalue weighted by molar-refractivity contribution is -0.118. The fraction of sp³-hybridized carbons (Fsp3) is 0.333. The fourth-order valence-electron chi connectivity index (χ4n) is 4.90. The minimum absolute atomic E-state index is 0.0297. The van der Waals surface area contributed by atoms with Crippen LogP contribution in [0.5, 0.6) is 0 Å². The lowest BCUT2D eigenvalue weighted by atomic mass is 10.1. The molecule has 0 unspecified atom stereocenters. The van der Waals surface area contributed by atoms with Crippen LogP contribution in [0.25, 0.3) is 22.4 Å². The number of hydrogen-bond acceptors (Lipinski definition) is 6. The van der Waals surface area contributed by atoms with Crippen molar-refractivity contribution in [1.82, 2.24) is 30.1 Å². The van der Waals surface area contributed by atoms with Gasteiger partial charge in [-0.1, -0.05) is 58.4 Å². The molecule has 0 atom stereocenters. The first kappa shape index (κ1) is 27.8. The van der Waals surface area contributed by atoms with E-state index < -0.39 is 0 Å². The number of amides is 2. The van der Waals surface area contributed by atoms with Crippen LogP contribution in [0.2, 0.25) is 0 Å². The van der Waals surface area contributed by atoms with E-state index in [1.165, 1.54) is 12.5 Å². The third-order valence-electron chi connectivity index (χ3n) is 7.05. The third-order valence-corrected chi connectivity index (χ3v) is 7.58. The first-order valence-electron chi connectivity index (χ1n) is 13.7. The molecule has 1 aliphatic heterocycles. The quantitative estimate of drug-likeness (QED) is 0.233. The highest BCUT2D eigenvalue weighted by Crippen LogP contribution is 2.26. The Labute approximate surface area is 242 Å². The van der Waals surface area contributed by atoms with Crippen molar-refractivity contribution < 1.29 is 9.59 Å². The summed E-state index contributed by atoms with van der Waals surface area (Å²) < 4.78 is 1.10. The maximum Gasteiger partial charge on any atom is 0.270 e. The summed E-state index contributed by atoms with van der Waals surface area (Å²) in [5, 5.41) is 6.84. The number of hydrogen-bond donors (Lipinski definition) is 3. The van der Waals surface area contributed by atoms with E-state index in [9.17, 15) is 9.59 Å². The zero-order valence-electron chi connectivity index (χ0n) is 22.6. The number of carbonyl (C=O) groups excluding carboxylic acids is 2. The van der Waals surface area contributed by atoms with Gasteiger partial charge in [-0.2, -0.15) is 0 Å². The van der Waals surface area contributed by atoms with Crippen LogP contribution in [-0.4, -0.2) is 82.4 Å².